The second kappa shape index (κ2) is 45.0. The van der Waals surface area contributed by atoms with E-state index in [9.17, 15) is 39.6 Å². The fourth-order valence-electron chi connectivity index (χ4n) is 22.3. The molecule has 12 heterocycles. The third kappa shape index (κ3) is 22.3. The molecular formula is C114H130Cl4N20O12. The molecule has 8 atom stereocenters. The Bertz CT molecular complexity index is 6600. The number of nitrogens with zero attached hydrogens (tertiary/aromatic N) is 20. The van der Waals surface area contributed by atoms with Crippen LogP contribution in [-0.4, -0.2) is 271 Å². The first kappa shape index (κ1) is 107. The van der Waals surface area contributed by atoms with Crippen molar-refractivity contribution in [2.45, 2.75) is 166 Å². The lowest BCUT2D eigenvalue weighted by Gasteiger charge is -2.39. The monoisotopic (exact) mass is 2110 g/mol. The van der Waals surface area contributed by atoms with Crippen molar-refractivity contribution < 1.29 is 58.6 Å². The highest BCUT2D eigenvalue weighted by molar-refractivity contribution is 6.32. The smallest absolute Gasteiger partial charge is 0.410 e. The van der Waals surface area contributed by atoms with Crippen molar-refractivity contribution in [2.75, 3.05) is 105 Å². The summed E-state index contributed by atoms with van der Waals surface area (Å²) in [6.45, 7) is 28.1. The van der Waals surface area contributed by atoms with Crippen molar-refractivity contribution in [3.63, 3.8) is 0 Å². The number of aromatic nitrogens is 12. The van der Waals surface area contributed by atoms with E-state index < -0.39 is 22.4 Å². The molecule has 8 aromatic heterocycles. The van der Waals surface area contributed by atoms with Crippen molar-refractivity contribution in [1.29, 1.82) is 0 Å². The quantitative estimate of drug-likeness (QED) is 0.0653. The van der Waals surface area contributed by atoms with Crippen LogP contribution in [0.4, 0.5) is 19.2 Å². The fourth-order valence-corrected chi connectivity index (χ4v) is 23.0. The average molecular weight is 2110 g/mol. The maximum absolute atomic E-state index is 12.8. The summed E-state index contributed by atoms with van der Waals surface area (Å²) in [4.78, 5) is 103. The molecule has 9 aliphatic rings. The Balaban J connectivity index is 0.000000131. The molecule has 4 aromatic carbocycles. The number of rotatable bonds is 16. The van der Waals surface area contributed by atoms with Crippen LogP contribution in [0.3, 0.4) is 0 Å². The average Bonchev–Trinajstić information content (AvgIpc) is 1.59. The molecule has 4 saturated heterocycles. The van der Waals surface area contributed by atoms with E-state index in [1.165, 1.54) is 0 Å². The van der Waals surface area contributed by atoms with Gasteiger partial charge >= 0.3 is 24.4 Å². The zero-order chi connectivity index (χ0) is 106. The molecule has 150 heavy (non-hydrogen) atoms. The summed E-state index contributed by atoms with van der Waals surface area (Å²) in [5.41, 5.74) is 15.1. The normalized spacial score (nSPS) is 20.0. The number of fused-ring (bicyclic) bond motifs is 8. The van der Waals surface area contributed by atoms with Crippen LogP contribution in [0.25, 0.3) is 46.6 Å². The number of imidazole rings is 4. The van der Waals surface area contributed by atoms with E-state index in [1.807, 2.05) is 245 Å². The molecule has 0 radical (unpaired) electrons. The lowest BCUT2D eigenvalue weighted by atomic mass is 9.84. The van der Waals surface area contributed by atoms with E-state index in [0.29, 0.717) is 148 Å². The molecule has 4 N–H and O–H groups in total. The van der Waals surface area contributed by atoms with Crippen molar-refractivity contribution in [2.24, 2.45) is 28.2 Å². The number of pyridine rings is 4. The van der Waals surface area contributed by atoms with E-state index in [-0.39, 0.29) is 73.0 Å². The van der Waals surface area contributed by atoms with Gasteiger partial charge in [-0.05, 0) is 281 Å². The van der Waals surface area contributed by atoms with Crippen LogP contribution < -0.4 is 0 Å². The first-order valence-electron chi connectivity index (χ1n) is 51.2. The van der Waals surface area contributed by atoms with Gasteiger partial charge in [0.1, 0.15) is 28.5 Å². The molecule has 4 amide bonds. The number of aryl methyl sites for hydroxylation is 4. The van der Waals surface area contributed by atoms with Crippen LogP contribution in [0.1, 0.15) is 231 Å². The molecule has 4 aliphatic heterocycles. The van der Waals surface area contributed by atoms with Gasteiger partial charge in [0.15, 0.2) is 0 Å². The van der Waals surface area contributed by atoms with Gasteiger partial charge in [0, 0.05) is 178 Å². The molecule has 12 aromatic rings. The lowest BCUT2D eigenvalue weighted by Crippen LogP contribution is -2.50. The molecule has 786 valence electrons. The topological polar surface area (TPSA) is 335 Å². The predicted molar refractivity (Wildman–Crippen MR) is 579 cm³/mol. The van der Waals surface area contributed by atoms with E-state index in [4.69, 9.17) is 85.3 Å². The summed E-state index contributed by atoms with van der Waals surface area (Å²) in [6.07, 6.45) is 31.5. The van der Waals surface area contributed by atoms with Crippen molar-refractivity contribution in [3.8, 4) is 0 Å². The summed E-state index contributed by atoms with van der Waals surface area (Å²) >= 11 is 26.1. The molecule has 2 unspecified atom stereocenters. The van der Waals surface area contributed by atoms with Crippen LogP contribution in [0, 0.1) is 0 Å². The van der Waals surface area contributed by atoms with Gasteiger partial charge < -0.3 is 77.2 Å². The van der Waals surface area contributed by atoms with Gasteiger partial charge in [-0.3, -0.25) is 39.5 Å². The Morgan fingerprint density at radius 3 is 0.753 bits per heavy atom. The summed E-state index contributed by atoms with van der Waals surface area (Å²) in [6, 6.07) is 38.4. The van der Waals surface area contributed by atoms with Crippen molar-refractivity contribution in [3.05, 3.63) is 329 Å². The van der Waals surface area contributed by atoms with Crippen molar-refractivity contribution >= 4 is 117 Å². The van der Waals surface area contributed by atoms with Gasteiger partial charge in [0.05, 0.1) is 138 Å². The van der Waals surface area contributed by atoms with E-state index in [1.54, 1.807) is 111 Å². The lowest BCUT2D eigenvalue weighted by molar-refractivity contribution is 0.0431. The number of ether oxygens (including phenoxy) is 4. The molecule has 32 nitrogen and oxygen atoms in total. The van der Waals surface area contributed by atoms with E-state index in [2.05, 4.69) is 39.5 Å². The molecular weight excluding hydrogens is 1980 g/mol. The second-order valence-electron chi connectivity index (χ2n) is 41.2. The van der Waals surface area contributed by atoms with Crippen LogP contribution in [-0.2, 0) is 69.5 Å². The van der Waals surface area contributed by atoms with Gasteiger partial charge in [0.2, 0.25) is 0 Å². The molecule has 0 bridgehead atoms. The van der Waals surface area contributed by atoms with Gasteiger partial charge in [-0.15, -0.1) is 0 Å². The molecule has 36 heteroatoms. The fraction of sp³-hybridized carbons (Fsp3) is 0.404. The zero-order valence-corrected chi connectivity index (χ0v) is 90.1. The summed E-state index contributed by atoms with van der Waals surface area (Å²) in [7, 11) is 7.49. The van der Waals surface area contributed by atoms with E-state index >= 15 is 0 Å². The Kier molecular flexibility index (Phi) is 32.1. The van der Waals surface area contributed by atoms with E-state index in [0.717, 1.165) is 138 Å². The largest absolute Gasteiger partial charge is 0.447 e. The number of carbonyl (C=O) groups is 4. The molecule has 1 saturated carbocycles. The number of hydrogen-bond donors (Lipinski definition) is 4. The van der Waals surface area contributed by atoms with Gasteiger partial charge in [-0.2, -0.15) is 0 Å². The highest BCUT2D eigenvalue weighted by atomic mass is 35.5. The number of carbonyl (C=O) groups excluding carboxylic acids is 4. The minimum Gasteiger partial charge on any atom is -0.447 e. The zero-order valence-electron chi connectivity index (χ0n) is 87.1. The second-order valence-corrected chi connectivity index (χ2v) is 43.0. The first-order valence-corrected chi connectivity index (χ1v) is 52.8. The van der Waals surface area contributed by atoms with Crippen molar-refractivity contribution in [1.82, 2.24) is 97.3 Å². The summed E-state index contributed by atoms with van der Waals surface area (Å²) < 4.78 is 29.3. The van der Waals surface area contributed by atoms with Crippen LogP contribution in [0.2, 0.25) is 20.1 Å². The number of benzene rings is 4. The van der Waals surface area contributed by atoms with Gasteiger partial charge in [0.25, 0.3) is 0 Å². The summed E-state index contributed by atoms with van der Waals surface area (Å²) in [5, 5.41) is 50.3. The highest BCUT2D eigenvalue weighted by Gasteiger charge is 2.47. The third-order valence-corrected chi connectivity index (χ3v) is 30.8. The van der Waals surface area contributed by atoms with Crippen LogP contribution >= 0.6 is 46.4 Å². The number of hydrogen-bond acceptors (Lipinski definition) is 24. The van der Waals surface area contributed by atoms with Gasteiger partial charge in [-0.1, -0.05) is 94.9 Å². The minimum absolute atomic E-state index is 0.0572. The predicted octanol–water partition coefficient (Wildman–Crippen LogP) is 18.5. The Labute approximate surface area is 894 Å². The molecule has 21 rings (SSSR count). The third-order valence-electron chi connectivity index (χ3n) is 29.8. The SMILES string of the molecule is CC(C)OC(=O)N1CCN([C@H]2c3ccc(Cl)cc3C(C(C)(O)c3cncn3C)=Cc3cccnc32)CC1.CC(C)OC(=O)N1CCN([C@H]2c3ccc(Cl)cc3C([C@@](C)(O)c3cncn3C)=Cc3cccnc32)CC1.CC(C)OC(=O)N1CCN([C@H]2c3ccc(Cl)cc3C([C@](C)(O)c3cncn3C)=Cc3cccnc32)CC1.Cn1cncc1C(C)(O)C1=Cc2cccnc2[C@@H](N2CCN(C(=O)OC3CCCC3)CC2)c2ccc(Cl)cc21. The highest BCUT2D eigenvalue weighted by Crippen LogP contribution is 2.53. The maximum atomic E-state index is 12.8. The Morgan fingerprint density at radius 2 is 0.547 bits per heavy atom. The number of aliphatic hydroxyl groups is 4. The Hall–Kier alpha value is -12.8. The standard InChI is InChI=1S/C30H34ClN5O3.3C28H32ClN5O3/c1-30(38,26-18-32-19-34(26)2)25-16-20-6-5-11-33-27(20)28(23-10-9-21(31)17-24(23)25)35-12-14-36(15-13-35)29(37)39-22-7-3-4-8-22;3*1-18(2)37-27(35)34-12-10-33(11-13-34)26-21-8-7-20(29)15-22(21)23(14-19-6-5-9-31-25(19)26)28(3,36)24-16-30-17-32(24)4/h5-6,9-11,16-19,22,28,38H,3-4,7-8,12-15H2,1-2H3;3*5-9,14-18,26,36H,10-13H2,1-4H3/t28-,30?;26-,28?;26-,28+;26-,28-/m0000/s1. The number of amides is 4. The Morgan fingerprint density at radius 1 is 0.327 bits per heavy atom. The van der Waals surface area contributed by atoms with Crippen LogP contribution in [0.15, 0.2) is 196 Å². The number of halogens is 4. The molecule has 5 fully saturated rings. The summed E-state index contributed by atoms with van der Waals surface area (Å²) in [5.74, 6) is 0. The van der Waals surface area contributed by atoms with Crippen LogP contribution in [0.5, 0.6) is 0 Å². The maximum Gasteiger partial charge on any atom is 0.410 e. The number of piperazine rings is 4. The minimum atomic E-state index is -1.34. The molecule has 0 spiro atoms. The first-order chi connectivity index (χ1) is 71.8. The molecule has 5 aliphatic carbocycles. The van der Waals surface area contributed by atoms with Gasteiger partial charge in [-0.25, -0.2) is 39.1 Å².